The first-order chi connectivity index (χ1) is 11.6. The van der Waals surface area contributed by atoms with E-state index >= 15 is 0 Å². The van der Waals surface area contributed by atoms with E-state index in [4.69, 9.17) is 5.73 Å². The Labute approximate surface area is 150 Å². The Bertz CT molecular complexity index is 515. The Morgan fingerprint density at radius 1 is 1.38 bits per heavy atom. The number of hydrogen-bond donors (Lipinski definition) is 2. The molecule has 2 rings (SSSR count). The molecule has 1 saturated heterocycles. The van der Waals surface area contributed by atoms with E-state index < -0.39 is 6.04 Å². The highest BCUT2D eigenvalue weighted by atomic mass is 32.2. The molecule has 4 nitrogen and oxygen atoms in total. The van der Waals surface area contributed by atoms with Gasteiger partial charge in [-0.15, -0.1) is 0 Å². The highest BCUT2D eigenvalue weighted by Gasteiger charge is 2.16. The van der Waals surface area contributed by atoms with Crippen LogP contribution in [0.3, 0.4) is 0 Å². The van der Waals surface area contributed by atoms with Crippen molar-refractivity contribution in [1.82, 2.24) is 10.2 Å². The molecular formula is C19H31N3OS. The molecule has 1 aromatic carbocycles. The Morgan fingerprint density at radius 3 is 2.79 bits per heavy atom. The molecule has 24 heavy (non-hydrogen) atoms. The number of piperidine rings is 1. The number of carbonyl (C=O) groups is 1. The fraction of sp³-hybridized carbons (Fsp3) is 0.632. The van der Waals surface area contributed by atoms with Gasteiger partial charge in [-0.05, 0) is 61.4 Å². The van der Waals surface area contributed by atoms with Crippen LogP contribution in [-0.2, 0) is 17.9 Å². The standard InChI is InChI=1S/C19H31N3OS/c1-15-6-9-22(10-7-15)14-17-5-3-4-16(12-17)13-21-19(23)18(20)8-11-24-2/h3-5,12,15,18H,6-11,13-14,20H2,1-2H3,(H,21,23)/t18-/m0/s1. The fourth-order valence-corrected chi connectivity index (χ4v) is 3.50. The Morgan fingerprint density at radius 2 is 2.08 bits per heavy atom. The van der Waals surface area contributed by atoms with E-state index in [9.17, 15) is 4.79 Å². The molecule has 1 amide bonds. The normalized spacial score (nSPS) is 17.6. The maximum absolute atomic E-state index is 12.0. The van der Waals surface area contributed by atoms with Crippen molar-refractivity contribution in [3.05, 3.63) is 35.4 Å². The summed E-state index contributed by atoms with van der Waals surface area (Å²) in [5.74, 6) is 1.72. The van der Waals surface area contributed by atoms with Gasteiger partial charge in [-0.2, -0.15) is 11.8 Å². The van der Waals surface area contributed by atoms with Crippen molar-refractivity contribution in [1.29, 1.82) is 0 Å². The second kappa shape index (κ2) is 10.1. The average molecular weight is 350 g/mol. The van der Waals surface area contributed by atoms with E-state index in [0.717, 1.165) is 30.2 Å². The second-order valence-corrected chi connectivity index (χ2v) is 7.87. The predicted octanol–water partition coefficient (Wildman–Crippen LogP) is 2.62. The zero-order chi connectivity index (χ0) is 17.4. The van der Waals surface area contributed by atoms with Crippen molar-refractivity contribution in [2.45, 2.75) is 45.3 Å². The van der Waals surface area contributed by atoms with Gasteiger partial charge in [0, 0.05) is 13.1 Å². The summed E-state index contributed by atoms with van der Waals surface area (Å²) in [6, 6.07) is 8.11. The quantitative estimate of drug-likeness (QED) is 0.757. The van der Waals surface area contributed by atoms with E-state index in [0.29, 0.717) is 6.54 Å². The van der Waals surface area contributed by atoms with Crippen LogP contribution in [0, 0.1) is 5.92 Å². The van der Waals surface area contributed by atoms with Gasteiger partial charge in [0.1, 0.15) is 0 Å². The van der Waals surface area contributed by atoms with Crippen molar-refractivity contribution in [2.24, 2.45) is 11.7 Å². The molecule has 1 aromatic rings. The summed E-state index contributed by atoms with van der Waals surface area (Å²) in [6.07, 6.45) is 5.34. The minimum Gasteiger partial charge on any atom is -0.351 e. The molecule has 1 aliphatic heterocycles. The zero-order valence-electron chi connectivity index (χ0n) is 15.0. The Balaban J connectivity index is 1.80. The molecule has 1 aliphatic rings. The summed E-state index contributed by atoms with van der Waals surface area (Å²) in [6.45, 7) is 6.27. The summed E-state index contributed by atoms with van der Waals surface area (Å²) in [7, 11) is 0. The highest BCUT2D eigenvalue weighted by molar-refractivity contribution is 7.98. The van der Waals surface area contributed by atoms with Crippen LogP contribution < -0.4 is 11.1 Å². The van der Waals surface area contributed by atoms with E-state index in [-0.39, 0.29) is 5.91 Å². The van der Waals surface area contributed by atoms with Gasteiger partial charge >= 0.3 is 0 Å². The first kappa shape index (κ1) is 19.3. The van der Waals surface area contributed by atoms with E-state index in [2.05, 4.69) is 41.4 Å². The molecule has 1 heterocycles. The maximum atomic E-state index is 12.0. The molecule has 1 atom stereocenters. The van der Waals surface area contributed by atoms with Gasteiger partial charge in [0.2, 0.25) is 5.91 Å². The minimum absolute atomic E-state index is 0.0560. The van der Waals surface area contributed by atoms with Crippen molar-refractivity contribution in [3.8, 4) is 0 Å². The number of nitrogens with two attached hydrogens (primary N) is 1. The average Bonchev–Trinajstić information content (AvgIpc) is 2.60. The lowest BCUT2D eigenvalue weighted by atomic mass is 9.98. The number of likely N-dealkylation sites (tertiary alicyclic amines) is 1. The van der Waals surface area contributed by atoms with Crippen LogP contribution in [0.1, 0.15) is 37.3 Å². The number of thioether (sulfide) groups is 1. The zero-order valence-corrected chi connectivity index (χ0v) is 15.8. The van der Waals surface area contributed by atoms with E-state index in [1.807, 2.05) is 6.26 Å². The largest absolute Gasteiger partial charge is 0.351 e. The third-order valence-electron chi connectivity index (χ3n) is 4.71. The lowest BCUT2D eigenvalue weighted by Crippen LogP contribution is -2.40. The number of carbonyl (C=O) groups excluding carboxylic acids is 1. The van der Waals surface area contributed by atoms with Gasteiger partial charge in [0.05, 0.1) is 6.04 Å². The van der Waals surface area contributed by atoms with Crippen molar-refractivity contribution < 1.29 is 4.79 Å². The predicted molar refractivity (Wildman–Crippen MR) is 103 cm³/mol. The SMILES string of the molecule is CSCC[C@H](N)C(=O)NCc1cccc(CN2CCC(C)CC2)c1. The number of hydrogen-bond acceptors (Lipinski definition) is 4. The van der Waals surface area contributed by atoms with Crippen LogP contribution in [0.4, 0.5) is 0 Å². The van der Waals surface area contributed by atoms with Crippen molar-refractivity contribution in [3.63, 3.8) is 0 Å². The van der Waals surface area contributed by atoms with Crippen LogP contribution >= 0.6 is 11.8 Å². The molecule has 0 aliphatic carbocycles. The van der Waals surface area contributed by atoms with Crippen LogP contribution in [0.2, 0.25) is 0 Å². The second-order valence-electron chi connectivity index (χ2n) is 6.88. The smallest absolute Gasteiger partial charge is 0.237 e. The molecule has 134 valence electrons. The number of nitrogens with one attached hydrogen (secondary N) is 1. The number of amides is 1. The molecule has 5 heteroatoms. The molecule has 1 fully saturated rings. The van der Waals surface area contributed by atoms with Crippen LogP contribution in [0.5, 0.6) is 0 Å². The molecule has 0 aromatic heterocycles. The third kappa shape index (κ3) is 6.46. The molecule has 0 saturated carbocycles. The third-order valence-corrected chi connectivity index (χ3v) is 5.35. The summed E-state index contributed by atoms with van der Waals surface area (Å²) < 4.78 is 0. The molecule has 0 bridgehead atoms. The summed E-state index contributed by atoms with van der Waals surface area (Å²) in [5, 5.41) is 2.96. The monoisotopic (exact) mass is 349 g/mol. The molecule has 3 N–H and O–H groups in total. The van der Waals surface area contributed by atoms with Crippen LogP contribution in [0.25, 0.3) is 0 Å². The minimum atomic E-state index is -0.407. The number of benzene rings is 1. The topological polar surface area (TPSA) is 58.4 Å². The van der Waals surface area contributed by atoms with Crippen molar-refractivity contribution >= 4 is 17.7 Å². The summed E-state index contributed by atoms with van der Waals surface area (Å²) >= 11 is 1.72. The lowest BCUT2D eigenvalue weighted by Gasteiger charge is -2.30. The van der Waals surface area contributed by atoms with Crippen LogP contribution in [-0.4, -0.2) is 41.9 Å². The molecular weight excluding hydrogens is 318 g/mol. The Kier molecular flexibility index (Phi) is 8.09. The number of rotatable bonds is 8. The lowest BCUT2D eigenvalue weighted by molar-refractivity contribution is -0.122. The van der Waals surface area contributed by atoms with Gasteiger partial charge in [-0.3, -0.25) is 9.69 Å². The van der Waals surface area contributed by atoms with Crippen molar-refractivity contribution in [2.75, 3.05) is 25.1 Å². The van der Waals surface area contributed by atoms with Gasteiger partial charge in [0.15, 0.2) is 0 Å². The van der Waals surface area contributed by atoms with E-state index in [1.165, 1.54) is 31.5 Å². The Hall–Kier alpha value is -1.04. The van der Waals surface area contributed by atoms with Gasteiger partial charge < -0.3 is 11.1 Å². The molecule has 0 spiro atoms. The first-order valence-corrected chi connectivity index (χ1v) is 10.3. The number of nitrogens with zero attached hydrogens (tertiary/aromatic N) is 1. The molecule has 0 radical (unpaired) electrons. The first-order valence-electron chi connectivity index (χ1n) is 8.91. The van der Waals surface area contributed by atoms with Crippen LogP contribution in [0.15, 0.2) is 24.3 Å². The molecule has 0 unspecified atom stereocenters. The summed E-state index contributed by atoms with van der Waals surface area (Å²) in [5.41, 5.74) is 8.36. The van der Waals surface area contributed by atoms with Gasteiger partial charge in [-0.1, -0.05) is 31.2 Å². The maximum Gasteiger partial charge on any atom is 0.237 e. The highest BCUT2D eigenvalue weighted by Crippen LogP contribution is 2.18. The van der Waals surface area contributed by atoms with E-state index in [1.54, 1.807) is 11.8 Å². The summed E-state index contributed by atoms with van der Waals surface area (Å²) in [4.78, 5) is 14.5. The van der Waals surface area contributed by atoms with Gasteiger partial charge in [0.25, 0.3) is 0 Å². The van der Waals surface area contributed by atoms with Gasteiger partial charge in [-0.25, -0.2) is 0 Å². The fourth-order valence-electron chi connectivity index (χ4n) is 3.01.